The number of hydrogen-bond donors (Lipinski definition) is 2. The Morgan fingerprint density at radius 1 is 1.35 bits per heavy atom. The smallest absolute Gasteiger partial charge is 0.306 e. The number of rotatable bonds is 9. The van der Waals surface area contributed by atoms with Gasteiger partial charge in [0.1, 0.15) is 5.75 Å². The Morgan fingerprint density at radius 3 is 2.75 bits per heavy atom. The summed E-state index contributed by atoms with van der Waals surface area (Å²) >= 11 is 0. The van der Waals surface area contributed by atoms with Gasteiger partial charge in [0, 0.05) is 12.6 Å². The van der Waals surface area contributed by atoms with Crippen LogP contribution < -0.4 is 10.1 Å². The minimum absolute atomic E-state index is 0.249. The first kappa shape index (κ1) is 16.5. The second-order valence-corrected chi connectivity index (χ2v) is 5.30. The van der Waals surface area contributed by atoms with Crippen LogP contribution in [0.15, 0.2) is 24.3 Å². The Hall–Kier alpha value is -1.55. The van der Waals surface area contributed by atoms with Crippen LogP contribution in [0, 0.1) is 5.92 Å². The van der Waals surface area contributed by atoms with Crippen LogP contribution in [0.5, 0.6) is 5.75 Å². The van der Waals surface area contributed by atoms with Crippen LogP contribution in [0.4, 0.5) is 0 Å². The lowest BCUT2D eigenvalue weighted by Gasteiger charge is -2.15. The van der Waals surface area contributed by atoms with Crippen LogP contribution in [0.2, 0.25) is 0 Å². The molecule has 1 aromatic rings. The minimum atomic E-state index is -0.706. The minimum Gasteiger partial charge on any atom is -0.497 e. The van der Waals surface area contributed by atoms with Gasteiger partial charge in [0.2, 0.25) is 0 Å². The average Bonchev–Trinajstić information content (AvgIpc) is 2.45. The monoisotopic (exact) mass is 279 g/mol. The molecule has 20 heavy (non-hydrogen) atoms. The van der Waals surface area contributed by atoms with E-state index < -0.39 is 5.97 Å². The summed E-state index contributed by atoms with van der Waals surface area (Å²) in [5.41, 5.74) is 1.19. The van der Waals surface area contributed by atoms with Gasteiger partial charge in [-0.15, -0.1) is 0 Å². The van der Waals surface area contributed by atoms with Crippen molar-refractivity contribution in [3.05, 3.63) is 29.8 Å². The molecule has 0 amide bonds. The summed E-state index contributed by atoms with van der Waals surface area (Å²) in [7, 11) is 1.67. The van der Waals surface area contributed by atoms with Crippen molar-refractivity contribution in [1.29, 1.82) is 0 Å². The van der Waals surface area contributed by atoms with Gasteiger partial charge < -0.3 is 15.2 Å². The van der Waals surface area contributed by atoms with Crippen molar-refractivity contribution in [2.75, 3.05) is 7.11 Å². The van der Waals surface area contributed by atoms with E-state index in [4.69, 9.17) is 9.84 Å². The summed E-state index contributed by atoms with van der Waals surface area (Å²) in [6, 6.07) is 8.37. The van der Waals surface area contributed by atoms with E-state index in [9.17, 15) is 4.79 Å². The van der Waals surface area contributed by atoms with Crippen LogP contribution in [-0.2, 0) is 11.3 Å². The number of carbonyl (C=O) groups is 1. The third kappa shape index (κ3) is 6.06. The van der Waals surface area contributed by atoms with Crippen molar-refractivity contribution in [2.24, 2.45) is 5.92 Å². The third-order valence-electron chi connectivity index (χ3n) is 3.48. The number of benzene rings is 1. The number of nitrogens with one attached hydrogen (secondary N) is 1. The molecule has 0 bridgehead atoms. The predicted molar refractivity (Wildman–Crippen MR) is 79.9 cm³/mol. The van der Waals surface area contributed by atoms with Gasteiger partial charge in [-0.25, -0.2) is 0 Å². The zero-order chi connectivity index (χ0) is 15.0. The molecule has 1 rings (SSSR count). The Labute approximate surface area is 121 Å². The lowest BCUT2D eigenvalue weighted by atomic mass is 10.0. The van der Waals surface area contributed by atoms with Crippen molar-refractivity contribution in [3.8, 4) is 5.75 Å². The van der Waals surface area contributed by atoms with Crippen LogP contribution in [0.3, 0.4) is 0 Å². The first-order valence-corrected chi connectivity index (χ1v) is 7.12. The van der Waals surface area contributed by atoms with Crippen molar-refractivity contribution in [2.45, 2.75) is 45.7 Å². The van der Waals surface area contributed by atoms with E-state index in [-0.39, 0.29) is 5.92 Å². The molecule has 0 aliphatic carbocycles. The molecule has 112 valence electrons. The highest BCUT2D eigenvalue weighted by atomic mass is 16.5. The summed E-state index contributed by atoms with van der Waals surface area (Å²) in [4.78, 5) is 10.7. The molecule has 2 unspecified atom stereocenters. The largest absolute Gasteiger partial charge is 0.497 e. The van der Waals surface area contributed by atoms with E-state index in [0.29, 0.717) is 6.04 Å². The molecule has 0 aromatic heterocycles. The molecular weight excluding hydrogens is 254 g/mol. The summed E-state index contributed by atoms with van der Waals surface area (Å²) < 4.78 is 5.19. The lowest BCUT2D eigenvalue weighted by Crippen LogP contribution is -2.25. The Kier molecular flexibility index (Phi) is 7.09. The number of methoxy groups -OCH3 is 1. The fourth-order valence-electron chi connectivity index (χ4n) is 2.03. The summed E-state index contributed by atoms with van der Waals surface area (Å²) in [6.45, 7) is 4.69. The standard InChI is InChI=1S/C16H25NO3/c1-12(16(18)19)6-4-7-13(2)17-11-14-8-5-9-15(10-14)20-3/h5,8-10,12-13,17H,4,6-7,11H2,1-3H3,(H,18,19). The maximum Gasteiger partial charge on any atom is 0.306 e. The van der Waals surface area contributed by atoms with Crippen LogP contribution in [0.25, 0.3) is 0 Å². The molecule has 4 heteroatoms. The highest BCUT2D eigenvalue weighted by molar-refractivity contribution is 5.69. The number of carboxylic acids is 1. The molecular formula is C16H25NO3. The average molecular weight is 279 g/mol. The van der Waals surface area contributed by atoms with Gasteiger partial charge in [-0.2, -0.15) is 0 Å². The quantitative estimate of drug-likeness (QED) is 0.729. The molecule has 2 atom stereocenters. The predicted octanol–water partition coefficient (Wildman–Crippen LogP) is 3.06. The molecule has 0 saturated carbocycles. The third-order valence-corrected chi connectivity index (χ3v) is 3.48. The van der Waals surface area contributed by atoms with E-state index in [2.05, 4.69) is 18.3 Å². The molecule has 4 nitrogen and oxygen atoms in total. The van der Waals surface area contributed by atoms with Crippen LogP contribution in [-0.4, -0.2) is 24.2 Å². The van der Waals surface area contributed by atoms with Gasteiger partial charge in [-0.3, -0.25) is 4.79 Å². The SMILES string of the molecule is COc1cccc(CNC(C)CCCC(C)C(=O)O)c1. The van der Waals surface area contributed by atoms with Crippen molar-refractivity contribution in [3.63, 3.8) is 0 Å². The van der Waals surface area contributed by atoms with Gasteiger partial charge in [-0.1, -0.05) is 25.5 Å². The van der Waals surface area contributed by atoms with Crippen molar-refractivity contribution in [1.82, 2.24) is 5.32 Å². The number of ether oxygens (including phenoxy) is 1. The molecule has 0 radical (unpaired) electrons. The van der Waals surface area contributed by atoms with E-state index >= 15 is 0 Å². The molecule has 0 spiro atoms. The van der Waals surface area contributed by atoms with E-state index in [0.717, 1.165) is 31.6 Å². The normalized spacial score (nSPS) is 13.8. The highest BCUT2D eigenvalue weighted by Gasteiger charge is 2.11. The molecule has 0 heterocycles. The molecule has 0 saturated heterocycles. The van der Waals surface area contributed by atoms with E-state index in [1.807, 2.05) is 18.2 Å². The second-order valence-electron chi connectivity index (χ2n) is 5.30. The van der Waals surface area contributed by atoms with Gasteiger partial charge in [0.05, 0.1) is 13.0 Å². The fourth-order valence-corrected chi connectivity index (χ4v) is 2.03. The van der Waals surface area contributed by atoms with Gasteiger partial charge in [0.25, 0.3) is 0 Å². The lowest BCUT2D eigenvalue weighted by molar-refractivity contribution is -0.141. The van der Waals surface area contributed by atoms with Crippen molar-refractivity contribution < 1.29 is 14.6 Å². The molecule has 0 fully saturated rings. The Bertz CT molecular complexity index is 420. The highest BCUT2D eigenvalue weighted by Crippen LogP contribution is 2.13. The van der Waals surface area contributed by atoms with Crippen LogP contribution in [0.1, 0.15) is 38.7 Å². The zero-order valence-corrected chi connectivity index (χ0v) is 12.6. The van der Waals surface area contributed by atoms with Crippen molar-refractivity contribution >= 4 is 5.97 Å². The van der Waals surface area contributed by atoms with Gasteiger partial charge >= 0.3 is 5.97 Å². The summed E-state index contributed by atoms with van der Waals surface area (Å²) in [5.74, 6) is -0.0881. The number of hydrogen-bond acceptors (Lipinski definition) is 3. The van der Waals surface area contributed by atoms with Crippen LogP contribution >= 0.6 is 0 Å². The molecule has 1 aromatic carbocycles. The maximum atomic E-state index is 10.7. The molecule has 0 aliphatic heterocycles. The first-order valence-electron chi connectivity index (χ1n) is 7.12. The first-order chi connectivity index (χ1) is 9.52. The Balaban J connectivity index is 2.25. The number of aliphatic carboxylic acids is 1. The van der Waals surface area contributed by atoms with E-state index in [1.165, 1.54) is 5.56 Å². The maximum absolute atomic E-state index is 10.7. The Morgan fingerprint density at radius 2 is 2.10 bits per heavy atom. The fraction of sp³-hybridized carbons (Fsp3) is 0.562. The summed E-state index contributed by atoms with van der Waals surface area (Å²) in [6.07, 6.45) is 2.65. The van der Waals surface area contributed by atoms with E-state index in [1.54, 1.807) is 14.0 Å². The van der Waals surface area contributed by atoms with Gasteiger partial charge in [0.15, 0.2) is 0 Å². The molecule has 0 aliphatic rings. The topological polar surface area (TPSA) is 58.6 Å². The second kappa shape index (κ2) is 8.59. The number of carboxylic acid groups (broad SMARTS) is 1. The molecule has 2 N–H and O–H groups in total. The zero-order valence-electron chi connectivity index (χ0n) is 12.6. The van der Waals surface area contributed by atoms with Gasteiger partial charge in [-0.05, 0) is 37.5 Å². The summed E-state index contributed by atoms with van der Waals surface area (Å²) in [5, 5.41) is 12.3.